The van der Waals surface area contributed by atoms with Gasteiger partial charge in [-0.25, -0.2) is 4.79 Å². The molecule has 1 N–H and O–H groups in total. The van der Waals surface area contributed by atoms with Gasteiger partial charge in [0, 0.05) is 39.1 Å². The first-order valence-electron chi connectivity index (χ1n) is 7.02. The summed E-state index contributed by atoms with van der Waals surface area (Å²) in [6.07, 6.45) is 1.36. The predicted octanol–water partition coefficient (Wildman–Crippen LogP) is 1.55. The molecule has 1 aliphatic heterocycles. The van der Waals surface area contributed by atoms with Gasteiger partial charge in [-0.1, -0.05) is 0 Å². The van der Waals surface area contributed by atoms with E-state index in [0.29, 0.717) is 39.1 Å². The second-order valence-corrected chi connectivity index (χ2v) is 5.61. The van der Waals surface area contributed by atoms with Gasteiger partial charge in [0.05, 0.1) is 0 Å². The van der Waals surface area contributed by atoms with Crippen LogP contribution in [0.5, 0.6) is 0 Å². The van der Waals surface area contributed by atoms with E-state index in [2.05, 4.69) is 16.8 Å². The second-order valence-electron chi connectivity index (χ2n) is 4.83. The third-order valence-corrected chi connectivity index (χ3v) is 4.19. The number of carbonyl (C=O) groups is 2. The van der Waals surface area contributed by atoms with Gasteiger partial charge in [-0.05, 0) is 35.7 Å². The van der Waals surface area contributed by atoms with Crippen molar-refractivity contribution in [2.75, 3.05) is 32.7 Å². The first-order chi connectivity index (χ1) is 9.70. The average Bonchev–Trinajstić information content (AvgIpc) is 2.98. The van der Waals surface area contributed by atoms with Crippen LogP contribution in [0.25, 0.3) is 0 Å². The van der Waals surface area contributed by atoms with Crippen molar-refractivity contribution >= 4 is 23.3 Å². The fourth-order valence-electron chi connectivity index (χ4n) is 2.27. The van der Waals surface area contributed by atoms with Gasteiger partial charge in [0.15, 0.2) is 0 Å². The van der Waals surface area contributed by atoms with E-state index < -0.39 is 0 Å². The van der Waals surface area contributed by atoms with E-state index in [1.54, 1.807) is 16.2 Å². The van der Waals surface area contributed by atoms with Crippen LogP contribution in [0.15, 0.2) is 16.8 Å². The molecule has 110 valence electrons. The van der Waals surface area contributed by atoms with Crippen LogP contribution in [0.4, 0.5) is 4.79 Å². The zero-order valence-electron chi connectivity index (χ0n) is 11.8. The molecule has 0 spiro atoms. The fourth-order valence-corrected chi connectivity index (χ4v) is 2.97. The Labute approximate surface area is 123 Å². The Balaban J connectivity index is 1.73. The first-order valence-corrected chi connectivity index (χ1v) is 7.96. The molecule has 0 saturated carbocycles. The zero-order chi connectivity index (χ0) is 14.4. The summed E-state index contributed by atoms with van der Waals surface area (Å²) in [7, 11) is 0. The number of hydrogen-bond acceptors (Lipinski definition) is 3. The third-order valence-electron chi connectivity index (χ3n) is 3.46. The Morgan fingerprint density at radius 2 is 1.95 bits per heavy atom. The Hall–Kier alpha value is -1.56. The lowest BCUT2D eigenvalue weighted by Gasteiger charge is -2.34. The normalized spacial score (nSPS) is 15.2. The van der Waals surface area contributed by atoms with E-state index >= 15 is 0 Å². The lowest BCUT2D eigenvalue weighted by molar-refractivity contribution is -0.132. The molecule has 0 aromatic carbocycles. The largest absolute Gasteiger partial charge is 0.339 e. The van der Waals surface area contributed by atoms with Crippen LogP contribution >= 0.6 is 11.3 Å². The summed E-state index contributed by atoms with van der Waals surface area (Å²) in [5.41, 5.74) is 1.23. The number of aryl methyl sites for hydroxylation is 1. The molecule has 0 atom stereocenters. The van der Waals surface area contributed by atoms with Gasteiger partial charge in [-0.15, -0.1) is 0 Å². The number of amides is 3. The highest BCUT2D eigenvalue weighted by Gasteiger charge is 2.23. The van der Waals surface area contributed by atoms with Gasteiger partial charge in [-0.3, -0.25) is 4.79 Å². The van der Waals surface area contributed by atoms with Gasteiger partial charge in [0.2, 0.25) is 5.91 Å². The molecule has 1 aliphatic rings. The van der Waals surface area contributed by atoms with Crippen LogP contribution in [0.3, 0.4) is 0 Å². The summed E-state index contributed by atoms with van der Waals surface area (Å²) in [6.45, 7) is 5.06. The topological polar surface area (TPSA) is 52.7 Å². The quantitative estimate of drug-likeness (QED) is 0.916. The molecule has 6 heteroatoms. The third kappa shape index (κ3) is 3.96. The molecule has 20 heavy (non-hydrogen) atoms. The molecule has 0 radical (unpaired) electrons. The molecule has 2 rings (SSSR count). The standard InChI is InChI=1S/C14H21N3O2S/c1-2-15-14(19)17-8-6-16(7-9-17)13(18)4-3-12-5-10-20-11-12/h5,10-11H,2-4,6-9H2,1H3,(H,15,19). The monoisotopic (exact) mass is 295 g/mol. The van der Waals surface area contributed by atoms with E-state index in [9.17, 15) is 9.59 Å². The highest BCUT2D eigenvalue weighted by atomic mass is 32.1. The van der Waals surface area contributed by atoms with Gasteiger partial charge in [-0.2, -0.15) is 11.3 Å². The Kier molecular flexibility index (Phi) is 5.40. The maximum atomic E-state index is 12.1. The maximum Gasteiger partial charge on any atom is 0.317 e. The maximum absolute atomic E-state index is 12.1. The van der Waals surface area contributed by atoms with Gasteiger partial charge in [0.25, 0.3) is 0 Å². The van der Waals surface area contributed by atoms with Crippen molar-refractivity contribution in [2.24, 2.45) is 0 Å². The van der Waals surface area contributed by atoms with Gasteiger partial charge < -0.3 is 15.1 Å². The van der Waals surface area contributed by atoms with Crippen molar-refractivity contribution < 1.29 is 9.59 Å². The minimum atomic E-state index is -0.0297. The summed E-state index contributed by atoms with van der Waals surface area (Å²) >= 11 is 1.66. The van der Waals surface area contributed by atoms with Crippen molar-refractivity contribution in [3.05, 3.63) is 22.4 Å². The highest BCUT2D eigenvalue weighted by Crippen LogP contribution is 2.10. The van der Waals surface area contributed by atoms with Crippen LogP contribution in [0.1, 0.15) is 18.9 Å². The number of hydrogen-bond donors (Lipinski definition) is 1. The minimum Gasteiger partial charge on any atom is -0.339 e. The molecule has 1 aromatic heterocycles. The average molecular weight is 295 g/mol. The molecule has 5 nitrogen and oxygen atoms in total. The summed E-state index contributed by atoms with van der Waals surface area (Å²) in [6, 6.07) is 2.03. The molecule has 1 saturated heterocycles. The van der Waals surface area contributed by atoms with Crippen molar-refractivity contribution in [3.63, 3.8) is 0 Å². The van der Waals surface area contributed by atoms with E-state index in [1.165, 1.54) is 5.56 Å². The summed E-state index contributed by atoms with van der Waals surface area (Å²) in [4.78, 5) is 27.4. The number of nitrogens with zero attached hydrogens (tertiary/aromatic N) is 2. The van der Waals surface area contributed by atoms with Crippen molar-refractivity contribution in [3.8, 4) is 0 Å². The highest BCUT2D eigenvalue weighted by molar-refractivity contribution is 7.07. The molecule has 3 amide bonds. The lowest BCUT2D eigenvalue weighted by Crippen LogP contribution is -2.53. The van der Waals surface area contributed by atoms with Crippen LogP contribution in [0, 0.1) is 0 Å². The van der Waals surface area contributed by atoms with Crippen LogP contribution in [-0.2, 0) is 11.2 Å². The summed E-state index contributed by atoms with van der Waals surface area (Å²) in [5, 5.41) is 6.90. The van der Waals surface area contributed by atoms with Gasteiger partial charge >= 0.3 is 6.03 Å². The van der Waals surface area contributed by atoms with Crippen molar-refractivity contribution in [1.82, 2.24) is 15.1 Å². The fraction of sp³-hybridized carbons (Fsp3) is 0.571. The smallest absolute Gasteiger partial charge is 0.317 e. The van der Waals surface area contributed by atoms with Crippen molar-refractivity contribution in [2.45, 2.75) is 19.8 Å². The first kappa shape index (κ1) is 14.8. The van der Waals surface area contributed by atoms with Crippen LogP contribution < -0.4 is 5.32 Å². The van der Waals surface area contributed by atoms with E-state index in [4.69, 9.17) is 0 Å². The zero-order valence-corrected chi connectivity index (χ0v) is 12.6. The Morgan fingerprint density at radius 3 is 2.55 bits per heavy atom. The molecule has 2 heterocycles. The summed E-state index contributed by atoms with van der Waals surface area (Å²) in [5.74, 6) is 0.187. The van der Waals surface area contributed by atoms with Crippen LogP contribution in [0.2, 0.25) is 0 Å². The number of nitrogens with one attached hydrogen (secondary N) is 1. The number of piperazine rings is 1. The molecular weight excluding hydrogens is 274 g/mol. The molecule has 1 fully saturated rings. The SMILES string of the molecule is CCNC(=O)N1CCN(C(=O)CCc2ccsc2)CC1. The minimum absolute atomic E-state index is 0.0297. The summed E-state index contributed by atoms with van der Waals surface area (Å²) < 4.78 is 0. The number of urea groups is 1. The number of carbonyl (C=O) groups excluding carboxylic acids is 2. The van der Waals surface area contributed by atoms with Gasteiger partial charge in [0.1, 0.15) is 0 Å². The van der Waals surface area contributed by atoms with E-state index in [-0.39, 0.29) is 11.9 Å². The Bertz CT molecular complexity index is 439. The lowest BCUT2D eigenvalue weighted by atomic mass is 10.1. The number of thiophene rings is 1. The molecule has 0 bridgehead atoms. The number of rotatable bonds is 4. The van der Waals surface area contributed by atoms with Crippen LogP contribution in [-0.4, -0.2) is 54.5 Å². The molecule has 1 aromatic rings. The Morgan fingerprint density at radius 1 is 1.25 bits per heavy atom. The van der Waals surface area contributed by atoms with E-state index in [1.807, 2.05) is 17.2 Å². The van der Waals surface area contributed by atoms with Crippen molar-refractivity contribution in [1.29, 1.82) is 0 Å². The molecule has 0 unspecified atom stereocenters. The predicted molar refractivity (Wildman–Crippen MR) is 79.9 cm³/mol. The molecule has 0 aliphatic carbocycles. The van der Waals surface area contributed by atoms with E-state index in [0.717, 1.165) is 6.42 Å². The molecular formula is C14H21N3O2S. The second kappa shape index (κ2) is 7.28.